The van der Waals surface area contributed by atoms with Gasteiger partial charge in [-0.05, 0) is 78.4 Å². The molecule has 0 spiro atoms. The summed E-state index contributed by atoms with van der Waals surface area (Å²) in [7, 11) is 0. The SMILES string of the molecule is CC(C)=CCCC(C)=CCCC(C)=CCCC(C)C(O)=S. The molecule has 1 atom stereocenters. The van der Waals surface area contributed by atoms with Gasteiger partial charge >= 0.3 is 0 Å². The van der Waals surface area contributed by atoms with E-state index in [1.165, 1.54) is 23.1 Å². The molecule has 0 rings (SSSR count). The first-order valence-electron chi connectivity index (χ1n) is 8.00. The van der Waals surface area contributed by atoms with E-state index in [0.717, 1.165) is 32.1 Å². The summed E-state index contributed by atoms with van der Waals surface area (Å²) in [6, 6.07) is 0. The topological polar surface area (TPSA) is 20.2 Å². The molecular formula is C19H32OS. The van der Waals surface area contributed by atoms with E-state index in [1.807, 2.05) is 6.92 Å². The first-order chi connectivity index (χ1) is 9.82. The van der Waals surface area contributed by atoms with Gasteiger partial charge in [0.2, 0.25) is 0 Å². The van der Waals surface area contributed by atoms with Crippen LogP contribution in [0.4, 0.5) is 0 Å². The maximum absolute atomic E-state index is 9.19. The Labute approximate surface area is 136 Å². The predicted molar refractivity (Wildman–Crippen MR) is 99.0 cm³/mol. The van der Waals surface area contributed by atoms with Gasteiger partial charge in [-0.2, -0.15) is 0 Å². The first-order valence-corrected chi connectivity index (χ1v) is 8.41. The molecule has 0 aliphatic heterocycles. The van der Waals surface area contributed by atoms with Crippen LogP contribution in [0.15, 0.2) is 34.9 Å². The van der Waals surface area contributed by atoms with Crippen molar-refractivity contribution in [3.63, 3.8) is 0 Å². The van der Waals surface area contributed by atoms with Gasteiger partial charge in [-0.15, -0.1) is 0 Å². The van der Waals surface area contributed by atoms with Crippen LogP contribution in [-0.2, 0) is 0 Å². The van der Waals surface area contributed by atoms with Gasteiger partial charge in [0.25, 0.3) is 0 Å². The number of thiocarbonyl (C=S) groups is 1. The van der Waals surface area contributed by atoms with Crippen LogP contribution in [-0.4, -0.2) is 10.2 Å². The molecule has 1 unspecified atom stereocenters. The van der Waals surface area contributed by atoms with Crippen LogP contribution >= 0.6 is 12.2 Å². The second-order valence-corrected chi connectivity index (χ2v) is 6.69. The van der Waals surface area contributed by atoms with Crippen LogP contribution < -0.4 is 0 Å². The molecule has 0 bridgehead atoms. The maximum atomic E-state index is 9.19. The minimum atomic E-state index is 0.126. The normalized spacial score (nSPS) is 14.0. The van der Waals surface area contributed by atoms with Crippen LogP contribution in [0.2, 0.25) is 0 Å². The van der Waals surface area contributed by atoms with E-state index in [-0.39, 0.29) is 11.0 Å². The number of aliphatic hydroxyl groups is 1. The van der Waals surface area contributed by atoms with Crippen molar-refractivity contribution in [2.45, 2.75) is 73.1 Å². The molecule has 0 fully saturated rings. The Morgan fingerprint density at radius 3 is 1.86 bits per heavy atom. The molecule has 0 radical (unpaired) electrons. The zero-order valence-electron chi connectivity index (χ0n) is 14.4. The van der Waals surface area contributed by atoms with Crippen LogP contribution in [0.25, 0.3) is 0 Å². The zero-order chi connectivity index (χ0) is 16.3. The van der Waals surface area contributed by atoms with Crippen LogP contribution in [0.5, 0.6) is 0 Å². The van der Waals surface area contributed by atoms with E-state index in [1.54, 1.807) is 0 Å². The van der Waals surface area contributed by atoms with Gasteiger partial charge in [0.05, 0.1) is 0 Å². The molecule has 0 aliphatic carbocycles. The van der Waals surface area contributed by atoms with Crippen LogP contribution in [0.3, 0.4) is 0 Å². The molecule has 0 aromatic heterocycles. The fraction of sp³-hybridized carbons (Fsp3) is 0.632. The quantitative estimate of drug-likeness (QED) is 0.357. The lowest BCUT2D eigenvalue weighted by Gasteiger charge is -2.06. The summed E-state index contributed by atoms with van der Waals surface area (Å²) >= 11 is 4.77. The number of hydrogen-bond acceptors (Lipinski definition) is 1. The summed E-state index contributed by atoms with van der Waals surface area (Å²) < 4.78 is 0. The molecule has 2 heteroatoms. The van der Waals surface area contributed by atoms with Crippen molar-refractivity contribution in [2.24, 2.45) is 5.92 Å². The molecule has 1 nitrogen and oxygen atoms in total. The van der Waals surface area contributed by atoms with Gasteiger partial charge in [0, 0.05) is 5.92 Å². The van der Waals surface area contributed by atoms with E-state index < -0.39 is 0 Å². The zero-order valence-corrected chi connectivity index (χ0v) is 15.2. The molecule has 21 heavy (non-hydrogen) atoms. The summed E-state index contributed by atoms with van der Waals surface area (Å²) in [5.74, 6) is 0.126. The Morgan fingerprint density at radius 2 is 1.38 bits per heavy atom. The summed E-state index contributed by atoms with van der Waals surface area (Å²) in [5, 5.41) is 9.33. The van der Waals surface area contributed by atoms with Gasteiger partial charge in [0.15, 0.2) is 5.05 Å². The highest BCUT2D eigenvalue weighted by Gasteiger charge is 2.04. The van der Waals surface area contributed by atoms with Gasteiger partial charge in [-0.1, -0.05) is 41.9 Å². The summed E-state index contributed by atoms with van der Waals surface area (Å²) in [6.07, 6.45) is 13.4. The van der Waals surface area contributed by atoms with E-state index in [0.29, 0.717) is 0 Å². The van der Waals surface area contributed by atoms with Gasteiger partial charge in [-0.25, -0.2) is 0 Å². The molecule has 0 saturated carbocycles. The van der Waals surface area contributed by atoms with Crippen molar-refractivity contribution in [3.05, 3.63) is 34.9 Å². The number of hydrogen-bond donors (Lipinski definition) is 1. The summed E-state index contributed by atoms with van der Waals surface area (Å²) in [6.45, 7) is 10.7. The standard InChI is InChI=1S/C19H32OS/c1-15(2)9-6-10-16(3)11-7-12-17(4)13-8-14-18(5)19(20)21/h9,11,13,18H,6-8,10,12,14H2,1-5H3,(H,20,21). The Hall–Kier alpha value is -0.890. The smallest absolute Gasteiger partial charge is 0.159 e. The van der Waals surface area contributed by atoms with Crippen LogP contribution in [0.1, 0.15) is 73.1 Å². The summed E-state index contributed by atoms with van der Waals surface area (Å²) in [5.41, 5.74) is 4.32. The number of rotatable bonds is 10. The van der Waals surface area contributed by atoms with Gasteiger partial charge < -0.3 is 5.11 Å². The Morgan fingerprint density at radius 1 is 0.905 bits per heavy atom. The van der Waals surface area contributed by atoms with Crippen molar-refractivity contribution >= 4 is 17.3 Å². The van der Waals surface area contributed by atoms with Crippen molar-refractivity contribution in [3.8, 4) is 0 Å². The molecule has 1 N–H and O–H groups in total. The molecule has 120 valence electrons. The molecule has 0 saturated heterocycles. The van der Waals surface area contributed by atoms with Crippen molar-refractivity contribution < 1.29 is 5.11 Å². The third-order valence-electron chi connectivity index (χ3n) is 3.64. The van der Waals surface area contributed by atoms with Gasteiger partial charge in [0.1, 0.15) is 0 Å². The molecule has 0 heterocycles. The highest BCUT2D eigenvalue weighted by Crippen LogP contribution is 2.14. The fourth-order valence-electron chi connectivity index (χ4n) is 2.04. The van der Waals surface area contributed by atoms with Crippen molar-refractivity contribution in [1.29, 1.82) is 0 Å². The first kappa shape index (κ1) is 20.1. The number of allylic oxidation sites excluding steroid dienone is 6. The van der Waals surface area contributed by atoms with Crippen molar-refractivity contribution in [2.75, 3.05) is 0 Å². The largest absolute Gasteiger partial charge is 0.502 e. The molecule has 0 aromatic rings. The lowest BCUT2D eigenvalue weighted by atomic mass is 10.0. The van der Waals surface area contributed by atoms with Gasteiger partial charge in [-0.3, -0.25) is 0 Å². The van der Waals surface area contributed by atoms with Crippen molar-refractivity contribution in [1.82, 2.24) is 0 Å². The average molecular weight is 309 g/mol. The highest BCUT2D eigenvalue weighted by molar-refractivity contribution is 7.80. The summed E-state index contributed by atoms with van der Waals surface area (Å²) in [4.78, 5) is 0. The van der Waals surface area contributed by atoms with E-state index in [2.05, 4.69) is 45.9 Å². The lowest BCUT2D eigenvalue weighted by molar-refractivity contribution is 0.497. The molecular weight excluding hydrogens is 276 g/mol. The Balaban J connectivity index is 3.93. The molecule has 0 aliphatic rings. The predicted octanol–water partition coefficient (Wildman–Crippen LogP) is 6.71. The number of aliphatic hydroxyl groups excluding tert-OH is 1. The second kappa shape index (κ2) is 11.7. The minimum Gasteiger partial charge on any atom is -0.502 e. The third kappa shape index (κ3) is 12.6. The molecule has 0 aromatic carbocycles. The Bertz CT molecular complexity index is 398. The second-order valence-electron chi connectivity index (χ2n) is 6.28. The average Bonchev–Trinajstić information content (AvgIpc) is 2.37. The van der Waals surface area contributed by atoms with E-state index in [4.69, 9.17) is 12.2 Å². The third-order valence-corrected chi connectivity index (χ3v) is 4.04. The molecule has 0 amide bonds. The minimum absolute atomic E-state index is 0.126. The lowest BCUT2D eigenvalue weighted by Crippen LogP contribution is -2.06. The highest BCUT2D eigenvalue weighted by atomic mass is 32.1. The maximum Gasteiger partial charge on any atom is 0.159 e. The Kier molecular flexibility index (Phi) is 11.2. The van der Waals surface area contributed by atoms with E-state index >= 15 is 0 Å². The monoisotopic (exact) mass is 308 g/mol. The van der Waals surface area contributed by atoms with Crippen LogP contribution in [0, 0.1) is 5.92 Å². The van der Waals surface area contributed by atoms with E-state index in [9.17, 15) is 5.11 Å². The fourth-order valence-corrected chi connectivity index (χ4v) is 2.16.